The second-order valence-corrected chi connectivity index (χ2v) is 9.16. The normalized spacial score (nSPS) is 12.2. The maximum absolute atomic E-state index is 13.2. The predicted molar refractivity (Wildman–Crippen MR) is 136 cm³/mol. The Balaban J connectivity index is 1.92. The molecule has 3 rings (SSSR count). The average Bonchev–Trinajstić information content (AvgIpc) is 2.83. The number of esters is 2. The monoisotopic (exact) mass is 573 g/mol. The van der Waals surface area contributed by atoms with Crippen LogP contribution in [0.3, 0.4) is 0 Å². The predicted octanol–water partition coefficient (Wildman–Crippen LogP) is 5.19. The molecule has 0 saturated carbocycles. The quantitative estimate of drug-likeness (QED) is 0.355. The fraction of sp³-hybridized carbons (Fsp3) is 0.154. The van der Waals surface area contributed by atoms with Crippen LogP contribution >= 0.6 is 27.5 Å². The zero-order valence-electron chi connectivity index (χ0n) is 19.2. The van der Waals surface area contributed by atoms with Crippen LogP contribution in [0, 0.1) is 13.8 Å². The number of carboxylic acids is 1. The van der Waals surface area contributed by atoms with Crippen LogP contribution in [0.2, 0.25) is 5.02 Å². The van der Waals surface area contributed by atoms with Crippen LogP contribution in [-0.4, -0.2) is 41.1 Å². The number of carbonyl (C=O) groups is 4. The van der Waals surface area contributed by atoms with Gasteiger partial charge in [0.05, 0.1) is 21.8 Å². The van der Waals surface area contributed by atoms with Gasteiger partial charge >= 0.3 is 17.9 Å². The summed E-state index contributed by atoms with van der Waals surface area (Å²) in [5.41, 5.74) is 2.02. The zero-order valence-corrected chi connectivity index (χ0v) is 21.5. The molecule has 186 valence electrons. The maximum Gasteiger partial charge on any atom is 0.349 e. The molecule has 3 aromatic carbocycles. The van der Waals surface area contributed by atoms with Crippen LogP contribution in [0.4, 0.5) is 5.69 Å². The summed E-state index contributed by atoms with van der Waals surface area (Å²) in [6.45, 7) is 3.63. The number of halogens is 2. The molecule has 0 aliphatic rings. The van der Waals surface area contributed by atoms with Gasteiger partial charge in [-0.2, -0.15) is 0 Å². The third-order valence-corrected chi connectivity index (χ3v) is 5.81. The number of anilines is 1. The standard InChI is InChI=1S/C26H21BrClNO7/c1-14-3-7-16(8-4-14)25(33)35-21(23(30)29-20-12-11-18(27)13-19(20)28)22(24(31)32)36-26(34)17-9-5-15(2)6-10-17/h3-13,21-22H,1-2H3,(H,29,30)(H,31,32)/t21-,22-/m1/s1. The van der Waals surface area contributed by atoms with Crippen LogP contribution < -0.4 is 5.32 Å². The summed E-state index contributed by atoms with van der Waals surface area (Å²) in [7, 11) is 0. The molecular weight excluding hydrogens is 554 g/mol. The van der Waals surface area contributed by atoms with E-state index in [1.165, 1.54) is 36.4 Å². The molecule has 0 radical (unpaired) electrons. The molecule has 2 atom stereocenters. The smallest absolute Gasteiger partial charge is 0.349 e. The molecule has 2 N–H and O–H groups in total. The highest BCUT2D eigenvalue weighted by Gasteiger charge is 2.41. The molecule has 0 aliphatic carbocycles. The summed E-state index contributed by atoms with van der Waals surface area (Å²) < 4.78 is 11.1. The largest absolute Gasteiger partial charge is 0.478 e. The molecule has 0 saturated heterocycles. The number of aryl methyl sites for hydroxylation is 2. The third-order valence-electron chi connectivity index (χ3n) is 5.01. The molecule has 0 heterocycles. The van der Waals surface area contributed by atoms with Gasteiger partial charge < -0.3 is 19.9 Å². The van der Waals surface area contributed by atoms with Crippen molar-refractivity contribution < 1.29 is 33.8 Å². The van der Waals surface area contributed by atoms with E-state index >= 15 is 0 Å². The highest BCUT2D eigenvalue weighted by atomic mass is 79.9. The topological polar surface area (TPSA) is 119 Å². The fourth-order valence-corrected chi connectivity index (χ4v) is 3.76. The van der Waals surface area contributed by atoms with Gasteiger partial charge in [-0.3, -0.25) is 4.79 Å². The van der Waals surface area contributed by atoms with E-state index in [0.29, 0.717) is 4.47 Å². The molecule has 0 aromatic heterocycles. The molecule has 10 heteroatoms. The van der Waals surface area contributed by atoms with Crippen molar-refractivity contribution in [1.82, 2.24) is 0 Å². The average molecular weight is 575 g/mol. The van der Waals surface area contributed by atoms with Crippen molar-refractivity contribution in [3.8, 4) is 0 Å². The SMILES string of the molecule is Cc1ccc(C(=O)O[C@@H](C(=O)O)[C@@H](OC(=O)c2ccc(C)cc2)C(=O)Nc2ccc(Br)cc2Cl)cc1. The van der Waals surface area contributed by atoms with Crippen LogP contribution in [0.25, 0.3) is 0 Å². The van der Waals surface area contributed by atoms with E-state index in [4.69, 9.17) is 21.1 Å². The summed E-state index contributed by atoms with van der Waals surface area (Å²) in [5.74, 6) is -4.72. The number of benzene rings is 3. The Labute approximate surface area is 220 Å². The number of hydrogen-bond donors (Lipinski definition) is 2. The van der Waals surface area contributed by atoms with E-state index in [9.17, 15) is 24.3 Å². The third kappa shape index (κ3) is 6.93. The highest BCUT2D eigenvalue weighted by Crippen LogP contribution is 2.26. The van der Waals surface area contributed by atoms with E-state index in [-0.39, 0.29) is 21.8 Å². The Morgan fingerprint density at radius 2 is 1.28 bits per heavy atom. The number of amides is 1. The summed E-state index contributed by atoms with van der Waals surface area (Å²) in [6.07, 6.45) is -4.19. The van der Waals surface area contributed by atoms with Crippen molar-refractivity contribution in [2.75, 3.05) is 5.32 Å². The van der Waals surface area contributed by atoms with Gasteiger partial charge in [-0.25, -0.2) is 14.4 Å². The fourth-order valence-electron chi connectivity index (χ4n) is 3.04. The maximum atomic E-state index is 13.2. The number of rotatable bonds is 8. The molecule has 3 aromatic rings. The molecule has 8 nitrogen and oxygen atoms in total. The Hall–Kier alpha value is -3.69. The van der Waals surface area contributed by atoms with Gasteiger partial charge in [0.1, 0.15) is 0 Å². The van der Waals surface area contributed by atoms with Crippen LogP contribution in [-0.2, 0) is 19.1 Å². The van der Waals surface area contributed by atoms with Gasteiger partial charge in [0, 0.05) is 4.47 Å². The molecule has 0 bridgehead atoms. The Bertz CT molecular complexity index is 1290. The lowest BCUT2D eigenvalue weighted by atomic mass is 10.1. The van der Waals surface area contributed by atoms with Gasteiger partial charge in [-0.1, -0.05) is 62.9 Å². The summed E-state index contributed by atoms with van der Waals surface area (Å²) in [4.78, 5) is 50.7. The number of carboxylic acid groups (broad SMARTS) is 1. The van der Waals surface area contributed by atoms with Gasteiger partial charge in [0.2, 0.25) is 12.2 Å². The van der Waals surface area contributed by atoms with Gasteiger partial charge in [-0.05, 0) is 56.3 Å². The van der Waals surface area contributed by atoms with E-state index in [1.54, 1.807) is 30.3 Å². The number of ether oxygens (including phenoxy) is 2. The number of aliphatic carboxylic acids is 1. The molecule has 1 amide bonds. The lowest BCUT2D eigenvalue weighted by Crippen LogP contribution is -2.48. The van der Waals surface area contributed by atoms with Crippen molar-refractivity contribution in [1.29, 1.82) is 0 Å². The number of nitrogens with one attached hydrogen (secondary N) is 1. The van der Waals surface area contributed by atoms with Gasteiger partial charge in [-0.15, -0.1) is 0 Å². The van der Waals surface area contributed by atoms with E-state index in [2.05, 4.69) is 21.2 Å². The Morgan fingerprint density at radius 3 is 1.72 bits per heavy atom. The molecule has 0 fully saturated rings. The summed E-state index contributed by atoms with van der Waals surface area (Å²) in [6, 6.07) is 17.0. The van der Waals surface area contributed by atoms with Crippen molar-refractivity contribution in [2.24, 2.45) is 0 Å². The molecule has 0 unspecified atom stereocenters. The summed E-state index contributed by atoms with van der Waals surface area (Å²) in [5, 5.41) is 12.4. The van der Waals surface area contributed by atoms with E-state index in [0.717, 1.165) is 11.1 Å². The lowest BCUT2D eigenvalue weighted by molar-refractivity contribution is -0.157. The first-order chi connectivity index (χ1) is 17.0. The number of carbonyl (C=O) groups excluding carboxylic acids is 3. The number of hydrogen-bond acceptors (Lipinski definition) is 6. The van der Waals surface area contributed by atoms with E-state index in [1.807, 2.05) is 13.8 Å². The highest BCUT2D eigenvalue weighted by molar-refractivity contribution is 9.10. The first kappa shape index (κ1) is 26.9. The minimum absolute atomic E-state index is 0.0619. The molecule has 0 aliphatic heterocycles. The van der Waals surface area contributed by atoms with Gasteiger partial charge in [0.15, 0.2) is 0 Å². The summed E-state index contributed by atoms with van der Waals surface area (Å²) >= 11 is 9.41. The Morgan fingerprint density at radius 1 is 0.806 bits per heavy atom. The van der Waals surface area contributed by atoms with Crippen LogP contribution in [0.1, 0.15) is 31.8 Å². The van der Waals surface area contributed by atoms with E-state index < -0.39 is 36.0 Å². The molecular formula is C26H21BrClNO7. The first-order valence-electron chi connectivity index (χ1n) is 10.6. The molecule has 36 heavy (non-hydrogen) atoms. The van der Waals surface area contributed by atoms with Crippen molar-refractivity contribution in [3.63, 3.8) is 0 Å². The van der Waals surface area contributed by atoms with Crippen molar-refractivity contribution in [3.05, 3.63) is 98.5 Å². The lowest BCUT2D eigenvalue weighted by Gasteiger charge is -2.24. The van der Waals surface area contributed by atoms with Gasteiger partial charge in [0.25, 0.3) is 5.91 Å². The second kappa shape index (κ2) is 11.8. The van der Waals surface area contributed by atoms with Crippen molar-refractivity contribution >= 4 is 57.0 Å². The second-order valence-electron chi connectivity index (χ2n) is 7.84. The minimum atomic E-state index is -2.15. The van der Waals surface area contributed by atoms with Crippen molar-refractivity contribution in [2.45, 2.75) is 26.1 Å². The minimum Gasteiger partial charge on any atom is -0.478 e. The zero-order chi connectivity index (χ0) is 26.4. The Kier molecular flexibility index (Phi) is 8.84. The van der Waals surface area contributed by atoms with Crippen LogP contribution in [0.5, 0.6) is 0 Å². The molecule has 0 spiro atoms. The first-order valence-corrected chi connectivity index (χ1v) is 11.8. The van der Waals surface area contributed by atoms with Crippen LogP contribution in [0.15, 0.2) is 71.2 Å².